The Bertz CT molecular complexity index is 492. The molecule has 0 bridgehead atoms. The van der Waals surface area contributed by atoms with Crippen LogP contribution in [0.4, 0.5) is 0 Å². The highest BCUT2D eigenvalue weighted by atomic mass is 14.9. The van der Waals surface area contributed by atoms with Gasteiger partial charge in [-0.05, 0) is 49.8 Å². The second-order valence-corrected chi connectivity index (χ2v) is 5.70. The van der Waals surface area contributed by atoms with Crippen LogP contribution in [-0.2, 0) is 6.42 Å². The Hall–Kier alpha value is -1.60. The molecular formula is C20H27N. The van der Waals surface area contributed by atoms with Crippen molar-refractivity contribution in [2.75, 3.05) is 7.05 Å². The third-order valence-corrected chi connectivity index (χ3v) is 4.35. The number of hydrogen-bond donors (Lipinski definition) is 1. The van der Waals surface area contributed by atoms with Crippen LogP contribution in [0.15, 0.2) is 60.7 Å². The monoisotopic (exact) mass is 281 g/mol. The summed E-state index contributed by atoms with van der Waals surface area (Å²) in [5, 5.41) is 3.54. The van der Waals surface area contributed by atoms with Crippen LogP contribution in [-0.4, -0.2) is 13.1 Å². The maximum absolute atomic E-state index is 3.54. The van der Waals surface area contributed by atoms with Crippen LogP contribution in [0.2, 0.25) is 0 Å². The van der Waals surface area contributed by atoms with Crippen molar-refractivity contribution >= 4 is 0 Å². The van der Waals surface area contributed by atoms with Crippen molar-refractivity contribution in [1.29, 1.82) is 0 Å². The zero-order chi connectivity index (χ0) is 14.9. The molecular weight excluding hydrogens is 254 g/mol. The lowest BCUT2D eigenvalue weighted by atomic mass is 9.86. The van der Waals surface area contributed by atoms with E-state index in [0.717, 1.165) is 0 Å². The van der Waals surface area contributed by atoms with Gasteiger partial charge in [0.2, 0.25) is 0 Å². The predicted molar refractivity (Wildman–Crippen MR) is 91.7 cm³/mol. The number of benzene rings is 2. The van der Waals surface area contributed by atoms with Gasteiger partial charge in [-0.15, -0.1) is 0 Å². The quantitative estimate of drug-likeness (QED) is 0.733. The molecule has 21 heavy (non-hydrogen) atoms. The fourth-order valence-electron chi connectivity index (χ4n) is 3.17. The maximum atomic E-state index is 3.54. The molecule has 0 spiro atoms. The summed E-state index contributed by atoms with van der Waals surface area (Å²) < 4.78 is 0. The van der Waals surface area contributed by atoms with Crippen molar-refractivity contribution in [3.8, 4) is 0 Å². The van der Waals surface area contributed by atoms with E-state index in [4.69, 9.17) is 0 Å². The number of nitrogens with one attached hydrogen (secondary N) is 1. The van der Waals surface area contributed by atoms with Gasteiger partial charge in [0.1, 0.15) is 0 Å². The molecule has 2 aromatic rings. The molecule has 1 heteroatoms. The lowest BCUT2D eigenvalue weighted by Crippen LogP contribution is -2.32. The van der Waals surface area contributed by atoms with Crippen molar-refractivity contribution in [3.63, 3.8) is 0 Å². The number of rotatable bonds is 8. The summed E-state index contributed by atoms with van der Waals surface area (Å²) in [4.78, 5) is 0. The van der Waals surface area contributed by atoms with Crippen LogP contribution in [0.3, 0.4) is 0 Å². The SMILES string of the molecule is CCC(c1ccccc1)C(CCCc1ccccc1)NC. The maximum Gasteiger partial charge on any atom is 0.0133 e. The van der Waals surface area contributed by atoms with Gasteiger partial charge in [-0.2, -0.15) is 0 Å². The van der Waals surface area contributed by atoms with E-state index in [2.05, 4.69) is 80.0 Å². The first kappa shape index (κ1) is 15.8. The molecule has 1 nitrogen and oxygen atoms in total. The molecule has 2 aromatic carbocycles. The summed E-state index contributed by atoms with van der Waals surface area (Å²) in [7, 11) is 2.10. The smallest absolute Gasteiger partial charge is 0.0133 e. The lowest BCUT2D eigenvalue weighted by Gasteiger charge is -2.26. The van der Waals surface area contributed by atoms with Crippen molar-refractivity contribution < 1.29 is 0 Å². The summed E-state index contributed by atoms with van der Waals surface area (Å²) in [5.41, 5.74) is 2.90. The van der Waals surface area contributed by atoms with Crippen LogP contribution in [0.25, 0.3) is 0 Å². The van der Waals surface area contributed by atoms with Gasteiger partial charge in [0.25, 0.3) is 0 Å². The molecule has 0 saturated carbocycles. The highest BCUT2D eigenvalue weighted by Crippen LogP contribution is 2.26. The van der Waals surface area contributed by atoms with E-state index in [1.54, 1.807) is 0 Å². The van der Waals surface area contributed by atoms with Gasteiger partial charge in [0.15, 0.2) is 0 Å². The minimum absolute atomic E-state index is 0.557. The summed E-state index contributed by atoms with van der Waals surface area (Å²) in [6.07, 6.45) is 4.81. The second-order valence-electron chi connectivity index (χ2n) is 5.70. The molecule has 0 aliphatic carbocycles. The number of hydrogen-bond acceptors (Lipinski definition) is 1. The average Bonchev–Trinajstić information content (AvgIpc) is 2.56. The zero-order valence-corrected chi connectivity index (χ0v) is 13.3. The zero-order valence-electron chi connectivity index (χ0n) is 13.3. The Morgan fingerprint density at radius 3 is 2.10 bits per heavy atom. The number of aryl methyl sites for hydroxylation is 1. The first-order valence-corrected chi connectivity index (χ1v) is 8.11. The van der Waals surface area contributed by atoms with Crippen molar-refractivity contribution in [2.45, 2.75) is 44.6 Å². The molecule has 0 fully saturated rings. The van der Waals surface area contributed by atoms with Crippen LogP contribution in [0.5, 0.6) is 0 Å². The standard InChI is InChI=1S/C20H27N/c1-3-19(18-14-8-5-9-15-18)20(21-2)16-10-13-17-11-6-4-7-12-17/h4-9,11-12,14-15,19-21H,3,10,13,16H2,1-2H3. The molecule has 0 saturated heterocycles. The Balaban J connectivity index is 1.92. The van der Waals surface area contributed by atoms with Crippen LogP contribution in [0.1, 0.15) is 43.2 Å². The lowest BCUT2D eigenvalue weighted by molar-refractivity contribution is 0.416. The Morgan fingerprint density at radius 2 is 1.52 bits per heavy atom. The van der Waals surface area contributed by atoms with Gasteiger partial charge in [0, 0.05) is 6.04 Å². The van der Waals surface area contributed by atoms with Gasteiger partial charge in [-0.3, -0.25) is 0 Å². The minimum Gasteiger partial charge on any atom is -0.316 e. The molecule has 112 valence electrons. The van der Waals surface area contributed by atoms with E-state index in [0.29, 0.717) is 12.0 Å². The van der Waals surface area contributed by atoms with Crippen LogP contribution < -0.4 is 5.32 Å². The molecule has 0 aromatic heterocycles. The van der Waals surface area contributed by atoms with E-state index >= 15 is 0 Å². The fraction of sp³-hybridized carbons (Fsp3) is 0.400. The van der Waals surface area contributed by atoms with E-state index in [9.17, 15) is 0 Å². The van der Waals surface area contributed by atoms with Gasteiger partial charge >= 0.3 is 0 Å². The molecule has 2 rings (SSSR count). The van der Waals surface area contributed by atoms with E-state index in [1.165, 1.54) is 36.8 Å². The predicted octanol–water partition coefficient (Wildman–Crippen LogP) is 4.79. The van der Waals surface area contributed by atoms with Crippen molar-refractivity contribution in [3.05, 3.63) is 71.8 Å². The summed E-state index contributed by atoms with van der Waals surface area (Å²) >= 11 is 0. The molecule has 1 N–H and O–H groups in total. The van der Waals surface area contributed by atoms with E-state index in [-0.39, 0.29) is 0 Å². The van der Waals surface area contributed by atoms with Gasteiger partial charge in [-0.1, -0.05) is 67.6 Å². The average molecular weight is 281 g/mol. The molecule has 2 unspecified atom stereocenters. The Kier molecular flexibility index (Phi) is 6.49. The highest BCUT2D eigenvalue weighted by molar-refractivity contribution is 5.21. The first-order valence-electron chi connectivity index (χ1n) is 8.11. The summed E-state index contributed by atoms with van der Waals surface area (Å²) in [6.45, 7) is 2.29. The largest absolute Gasteiger partial charge is 0.316 e. The first-order chi connectivity index (χ1) is 10.3. The summed E-state index contributed by atoms with van der Waals surface area (Å²) in [6, 6.07) is 22.3. The van der Waals surface area contributed by atoms with Crippen LogP contribution >= 0.6 is 0 Å². The molecule has 0 heterocycles. The van der Waals surface area contributed by atoms with Gasteiger partial charge in [-0.25, -0.2) is 0 Å². The third-order valence-electron chi connectivity index (χ3n) is 4.35. The molecule has 0 aliphatic heterocycles. The highest BCUT2D eigenvalue weighted by Gasteiger charge is 2.19. The Morgan fingerprint density at radius 1 is 0.905 bits per heavy atom. The third kappa shape index (κ3) is 4.71. The second kappa shape index (κ2) is 8.63. The molecule has 0 amide bonds. The van der Waals surface area contributed by atoms with Crippen LogP contribution in [0, 0.1) is 0 Å². The molecule has 0 radical (unpaired) electrons. The molecule has 2 atom stereocenters. The van der Waals surface area contributed by atoms with Crippen molar-refractivity contribution in [2.24, 2.45) is 0 Å². The minimum atomic E-state index is 0.557. The summed E-state index contributed by atoms with van der Waals surface area (Å²) in [5.74, 6) is 0.604. The van der Waals surface area contributed by atoms with E-state index in [1.807, 2.05) is 0 Å². The van der Waals surface area contributed by atoms with Gasteiger partial charge < -0.3 is 5.32 Å². The number of likely N-dealkylation sites (N-methyl/N-ethyl adjacent to an activating group) is 1. The Labute approximate surface area is 129 Å². The molecule has 0 aliphatic rings. The fourth-order valence-corrected chi connectivity index (χ4v) is 3.17. The van der Waals surface area contributed by atoms with Gasteiger partial charge in [0.05, 0.1) is 0 Å². The normalized spacial score (nSPS) is 13.8. The van der Waals surface area contributed by atoms with Crippen molar-refractivity contribution in [1.82, 2.24) is 5.32 Å². The topological polar surface area (TPSA) is 12.0 Å². The van der Waals surface area contributed by atoms with E-state index < -0.39 is 0 Å².